The summed E-state index contributed by atoms with van der Waals surface area (Å²) in [4.78, 5) is 11.9. The maximum Gasteiger partial charge on any atom is 0.239 e. The fourth-order valence-electron chi connectivity index (χ4n) is 2.37. The summed E-state index contributed by atoms with van der Waals surface area (Å²) in [5.41, 5.74) is 0.987. The molecule has 1 aromatic carbocycles. The van der Waals surface area contributed by atoms with E-state index in [1.165, 1.54) is 12.8 Å². The fourth-order valence-corrected chi connectivity index (χ4v) is 3.30. The highest BCUT2D eigenvalue weighted by Gasteiger charge is 2.27. The van der Waals surface area contributed by atoms with Gasteiger partial charge in [0.2, 0.25) is 5.91 Å². The molecule has 98 valence electrons. The van der Waals surface area contributed by atoms with Crippen molar-refractivity contribution in [2.24, 2.45) is 0 Å². The number of amides is 1. The number of para-hydroxylation sites is 1. The monoisotopic (exact) mass is 264 g/mol. The van der Waals surface area contributed by atoms with Gasteiger partial charge in [-0.1, -0.05) is 24.6 Å². The van der Waals surface area contributed by atoms with Crippen LogP contribution in [0.15, 0.2) is 30.3 Å². The van der Waals surface area contributed by atoms with Gasteiger partial charge in [0.25, 0.3) is 0 Å². The van der Waals surface area contributed by atoms with Crippen molar-refractivity contribution in [3.63, 3.8) is 0 Å². The van der Waals surface area contributed by atoms with Gasteiger partial charge in [-0.15, -0.1) is 0 Å². The summed E-state index contributed by atoms with van der Waals surface area (Å²) in [5, 5.41) is 6.85. The Hall–Kier alpha value is -1.16. The van der Waals surface area contributed by atoms with Crippen LogP contribution in [0.5, 0.6) is 0 Å². The van der Waals surface area contributed by atoms with E-state index in [-0.39, 0.29) is 5.91 Å². The first-order chi connectivity index (χ1) is 8.79. The van der Waals surface area contributed by atoms with E-state index in [2.05, 4.69) is 16.9 Å². The molecule has 0 heterocycles. The molecule has 1 amide bonds. The Bertz CT molecular complexity index is 383. The number of thioether (sulfide) groups is 1. The Balaban J connectivity index is 1.75. The van der Waals surface area contributed by atoms with Gasteiger partial charge in [-0.05, 0) is 31.2 Å². The average molecular weight is 264 g/mol. The van der Waals surface area contributed by atoms with E-state index in [1.54, 1.807) is 0 Å². The van der Waals surface area contributed by atoms with Crippen LogP contribution in [0.25, 0.3) is 0 Å². The first-order valence-electron chi connectivity index (χ1n) is 6.40. The molecule has 0 aromatic heterocycles. The summed E-state index contributed by atoms with van der Waals surface area (Å²) < 4.78 is 0. The first-order valence-corrected chi connectivity index (χ1v) is 7.69. The fraction of sp³-hybridized carbons (Fsp3) is 0.500. The van der Waals surface area contributed by atoms with E-state index in [1.807, 2.05) is 42.1 Å². The number of rotatable bonds is 5. The number of carbonyl (C=O) groups excluding carboxylic acids is 1. The first kappa shape index (κ1) is 13.3. The van der Waals surface area contributed by atoms with Gasteiger partial charge in [0.1, 0.15) is 0 Å². The Labute approximate surface area is 113 Å². The third kappa shape index (κ3) is 3.67. The Morgan fingerprint density at radius 3 is 2.83 bits per heavy atom. The van der Waals surface area contributed by atoms with Gasteiger partial charge in [0.15, 0.2) is 0 Å². The van der Waals surface area contributed by atoms with E-state index in [0.717, 1.165) is 12.1 Å². The van der Waals surface area contributed by atoms with Gasteiger partial charge in [-0.3, -0.25) is 4.79 Å². The lowest BCUT2D eigenvalue weighted by molar-refractivity contribution is -0.120. The Kier molecular flexibility index (Phi) is 4.93. The van der Waals surface area contributed by atoms with Crippen LogP contribution in [-0.4, -0.2) is 30.0 Å². The number of anilines is 1. The molecule has 2 unspecified atom stereocenters. The van der Waals surface area contributed by atoms with E-state index in [0.29, 0.717) is 17.8 Å². The van der Waals surface area contributed by atoms with E-state index >= 15 is 0 Å². The molecule has 0 radical (unpaired) electrons. The zero-order valence-electron chi connectivity index (χ0n) is 10.7. The Morgan fingerprint density at radius 1 is 1.33 bits per heavy atom. The number of benzene rings is 1. The minimum absolute atomic E-state index is 0.0878. The average Bonchev–Trinajstić information content (AvgIpc) is 2.85. The zero-order chi connectivity index (χ0) is 12.8. The summed E-state index contributed by atoms with van der Waals surface area (Å²) in [7, 11) is 0. The molecule has 2 rings (SSSR count). The molecule has 0 spiro atoms. The zero-order valence-corrected chi connectivity index (χ0v) is 11.5. The van der Waals surface area contributed by atoms with Crippen molar-refractivity contribution in [2.75, 3.05) is 18.1 Å². The second-order valence-corrected chi connectivity index (χ2v) is 5.68. The van der Waals surface area contributed by atoms with Crippen molar-refractivity contribution in [3.05, 3.63) is 30.3 Å². The number of hydrogen-bond donors (Lipinski definition) is 2. The van der Waals surface area contributed by atoms with Gasteiger partial charge in [-0.2, -0.15) is 11.8 Å². The summed E-state index contributed by atoms with van der Waals surface area (Å²) in [6, 6.07) is 10.2. The summed E-state index contributed by atoms with van der Waals surface area (Å²) in [6.45, 7) is 0.349. The van der Waals surface area contributed by atoms with E-state index < -0.39 is 0 Å². The molecule has 1 fully saturated rings. The topological polar surface area (TPSA) is 41.1 Å². The molecule has 2 atom stereocenters. The van der Waals surface area contributed by atoms with Crippen LogP contribution in [0.2, 0.25) is 0 Å². The van der Waals surface area contributed by atoms with Crippen LogP contribution in [0, 0.1) is 0 Å². The molecule has 1 aliphatic carbocycles. The number of nitrogens with one attached hydrogen (secondary N) is 2. The van der Waals surface area contributed by atoms with Crippen molar-refractivity contribution >= 4 is 23.4 Å². The van der Waals surface area contributed by atoms with Crippen molar-refractivity contribution in [1.29, 1.82) is 0 Å². The molecular weight excluding hydrogens is 244 g/mol. The van der Waals surface area contributed by atoms with Crippen LogP contribution >= 0.6 is 11.8 Å². The quantitative estimate of drug-likeness (QED) is 0.858. The molecule has 0 bridgehead atoms. The molecule has 1 aromatic rings. The summed E-state index contributed by atoms with van der Waals surface area (Å²) in [6.07, 6.45) is 5.68. The third-order valence-electron chi connectivity index (χ3n) is 3.33. The van der Waals surface area contributed by atoms with Crippen LogP contribution in [0.3, 0.4) is 0 Å². The second kappa shape index (κ2) is 6.69. The van der Waals surface area contributed by atoms with Crippen LogP contribution in [0.1, 0.15) is 19.3 Å². The largest absolute Gasteiger partial charge is 0.376 e. The van der Waals surface area contributed by atoms with Crippen molar-refractivity contribution in [1.82, 2.24) is 5.32 Å². The highest BCUT2D eigenvalue weighted by atomic mass is 32.2. The molecule has 18 heavy (non-hydrogen) atoms. The summed E-state index contributed by atoms with van der Waals surface area (Å²) >= 11 is 1.86. The molecule has 0 aliphatic heterocycles. The molecule has 1 saturated carbocycles. The molecule has 0 saturated heterocycles. The van der Waals surface area contributed by atoms with E-state index in [9.17, 15) is 4.79 Å². The standard InChI is InChI=1S/C14H20N2OS/c1-18-13-9-5-8-12(13)16-14(17)10-15-11-6-3-2-4-7-11/h2-4,6-7,12-13,15H,5,8-10H2,1H3,(H,16,17). The molecule has 2 N–H and O–H groups in total. The van der Waals surface area contributed by atoms with Gasteiger partial charge in [-0.25, -0.2) is 0 Å². The lowest BCUT2D eigenvalue weighted by atomic mass is 10.2. The molecule has 4 heteroatoms. The normalized spacial score (nSPS) is 22.7. The second-order valence-electron chi connectivity index (χ2n) is 4.60. The van der Waals surface area contributed by atoms with Gasteiger partial charge in [0.05, 0.1) is 6.54 Å². The minimum Gasteiger partial charge on any atom is -0.376 e. The van der Waals surface area contributed by atoms with E-state index in [4.69, 9.17) is 0 Å². The number of hydrogen-bond acceptors (Lipinski definition) is 3. The van der Waals surface area contributed by atoms with Crippen LogP contribution in [0.4, 0.5) is 5.69 Å². The van der Waals surface area contributed by atoms with Crippen LogP contribution in [-0.2, 0) is 4.79 Å². The highest BCUT2D eigenvalue weighted by Crippen LogP contribution is 2.28. The van der Waals surface area contributed by atoms with Crippen LogP contribution < -0.4 is 10.6 Å². The molecule has 3 nitrogen and oxygen atoms in total. The van der Waals surface area contributed by atoms with Gasteiger partial charge >= 0.3 is 0 Å². The van der Waals surface area contributed by atoms with Crippen molar-refractivity contribution in [3.8, 4) is 0 Å². The maximum atomic E-state index is 11.9. The lowest BCUT2D eigenvalue weighted by Gasteiger charge is -2.19. The minimum atomic E-state index is 0.0878. The van der Waals surface area contributed by atoms with Gasteiger partial charge < -0.3 is 10.6 Å². The predicted octanol–water partition coefficient (Wildman–Crippen LogP) is 2.50. The molecular formula is C14H20N2OS. The predicted molar refractivity (Wildman–Crippen MR) is 78.0 cm³/mol. The third-order valence-corrected chi connectivity index (χ3v) is 4.50. The smallest absolute Gasteiger partial charge is 0.239 e. The number of carbonyl (C=O) groups is 1. The van der Waals surface area contributed by atoms with Crippen molar-refractivity contribution < 1.29 is 4.79 Å². The lowest BCUT2D eigenvalue weighted by Crippen LogP contribution is -2.41. The van der Waals surface area contributed by atoms with Crippen molar-refractivity contribution in [2.45, 2.75) is 30.6 Å². The Morgan fingerprint density at radius 2 is 2.11 bits per heavy atom. The van der Waals surface area contributed by atoms with Gasteiger partial charge in [0, 0.05) is 17.0 Å². The summed E-state index contributed by atoms with van der Waals surface area (Å²) in [5.74, 6) is 0.0878. The highest BCUT2D eigenvalue weighted by molar-refractivity contribution is 7.99. The maximum absolute atomic E-state index is 11.9. The SMILES string of the molecule is CSC1CCCC1NC(=O)CNc1ccccc1. The molecule has 1 aliphatic rings.